The van der Waals surface area contributed by atoms with Gasteiger partial charge in [0.15, 0.2) is 0 Å². The molecule has 3 heterocycles. The number of benzene rings is 1. The van der Waals surface area contributed by atoms with Gasteiger partial charge in [-0.15, -0.1) is 13.2 Å². The molecular weight excluding hydrogens is 457 g/mol. The van der Waals surface area contributed by atoms with Gasteiger partial charge in [0.1, 0.15) is 5.75 Å². The Morgan fingerprint density at radius 3 is 2.61 bits per heavy atom. The van der Waals surface area contributed by atoms with Crippen molar-refractivity contribution >= 4 is 18.0 Å². The molecule has 6 nitrogen and oxygen atoms in total. The van der Waals surface area contributed by atoms with Crippen molar-refractivity contribution in [3.63, 3.8) is 0 Å². The summed E-state index contributed by atoms with van der Waals surface area (Å²) in [4.78, 5) is 20.4. The number of imidazole rings is 1. The van der Waals surface area contributed by atoms with Crippen molar-refractivity contribution in [2.45, 2.75) is 62.6 Å². The molecule has 10 heteroatoms. The number of aromatic nitrogens is 2. The van der Waals surface area contributed by atoms with E-state index in [1.807, 2.05) is 11.2 Å². The van der Waals surface area contributed by atoms with Crippen LogP contribution in [0.25, 0.3) is 0 Å². The highest BCUT2D eigenvalue weighted by Gasteiger charge is 2.63. The molecule has 2 unspecified atom stereocenters. The van der Waals surface area contributed by atoms with Crippen LogP contribution in [0.1, 0.15) is 61.4 Å². The van der Waals surface area contributed by atoms with Gasteiger partial charge in [-0.25, -0.2) is 4.98 Å². The molecule has 6 rings (SSSR count). The molecule has 2 aromatic rings. The highest BCUT2D eigenvalue weighted by Crippen LogP contribution is 2.60. The maximum absolute atomic E-state index is 12.6. The standard InChI is InChI=1S/C23H24ClF3N4O2/c24-17-7-15(3-4-20(17)33-23(25,26)27)19-5-6-31(19)21-22(11-30(21)13-32)8-16(9-22)29-10-18(28-12-29)14-1-2-14/h3-4,7,10,12-14,16,19,21H,1-2,5-6,8-9,11H2. The second-order valence-corrected chi connectivity index (χ2v) is 10.3. The van der Waals surface area contributed by atoms with E-state index in [2.05, 4.69) is 25.4 Å². The minimum absolute atomic E-state index is 0.00120. The summed E-state index contributed by atoms with van der Waals surface area (Å²) in [6.07, 6.45) is 5.55. The molecule has 2 atom stereocenters. The van der Waals surface area contributed by atoms with Gasteiger partial charge in [0.25, 0.3) is 0 Å². The first-order valence-electron chi connectivity index (χ1n) is 11.3. The summed E-state index contributed by atoms with van der Waals surface area (Å²) in [5, 5.41) is -0.0671. The van der Waals surface area contributed by atoms with Crippen LogP contribution >= 0.6 is 11.6 Å². The lowest BCUT2D eigenvalue weighted by atomic mass is 9.57. The molecule has 0 N–H and O–H groups in total. The average molecular weight is 481 g/mol. The number of hydrogen-bond donors (Lipinski definition) is 0. The molecule has 1 amide bonds. The van der Waals surface area contributed by atoms with Gasteiger partial charge in [-0.3, -0.25) is 9.69 Å². The van der Waals surface area contributed by atoms with E-state index in [1.54, 1.807) is 12.1 Å². The van der Waals surface area contributed by atoms with Crippen LogP contribution in [-0.2, 0) is 4.79 Å². The van der Waals surface area contributed by atoms with Gasteiger partial charge < -0.3 is 14.2 Å². The monoisotopic (exact) mass is 480 g/mol. The predicted octanol–water partition coefficient (Wildman–Crippen LogP) is 4.88. The van der Waals surface area contributed by atoms with Gasteiger partial charge in [0.2, 0.25) is 6.41 Å². The first-order chi connectivity index (χ1) is 15.8. The Balaban J connectivity index is 1.16. The molecule has 0 bridgehead atoms. The lowest BCUT2D eigenvalue weighted by Gasteiger charge is -2.69. The number of carbonyl (C=O) groups is 1. The Kier molecular flexibility index (Phi) is 4.75. The lowest BCUT2D eigenvalue weighted by Crippen LogP contribution is -2.76. The average Bonchev–Trinajstić information content (AvgIpc) is 3.43. The molecule has 176 valence electrons. The number of ether oxygens (including phenoxy) is 1. The summed E-state index contributed by atoms with van der Waals surface area (Å²) in [6, 6.07) is 4.86. The number of nitrogens with zero attached hydrogens (tertiary/aromatic N) is 4. The fourth-order valence-corrected chi connectivity index (χ4v) is 6.20. The molecule has 33 heavy (non-hydrogen) atoms. The van der Waals surface area contributed by atoms with E-state index in [4.69, 9.17) is 11.6 Å². The minimum Gasteiger partial charge on any atom is -0.404 e. The van der Waals surface area contributed by atoms with E-state index in [1.165, 1.54) is 24.6 Å². The Bertz CT molecular complexity index is 1080. The number of carbonyl (C=O) groups excluding carboxylic acids is 1. The molecule has 2 aliphatic carbocycles. The van der Waals surface area contributed by atoms with Crippen molar-refractivity contribution in [2.75, 3.05) is 13.1 Å². The second kappa shape index (κ2) is 7.37. The van der Waals surface area contributed by atoms with Crippen LogP contribution < -0.4 is 4.74 Å². The number of likely N-dealkylation sites (tertiary alicyclic amines) is 2. The third-order valence-electron chi connectivity index (χ3n) is 7.76. The number of hydrogen-bond acceptors (Lipinski definition) is 4. The normalized spacial score (nSPS) is 31.6. The van der Waals surface area contributed by atoms with Crippen molar-refractivity contribution in [3.8, 4) is 5.75 Å². The van der Waals surface area contributed by atoms with Crippen LogP contribution in [0.3, 0.4) is 0 Å². The number of amides is 1. The van der Waals surface area contributed by atoms with Crippen LogP contribution in [0.4, 0.5) is 13.2 Å². The summed E-state index contributed by atoms with van der Waals surface area (Å²) < 4.78 is 43.9. The molecule has 4 fully saturated rings. The Hall–Kier alpha value is -2.26. The van der Waals surface area contributed by atoms with E-state index >= 15 is 0 Å². The van der Waals surface area contributed by atoms with E-state index < -0.39 is 12.1 Å². The molecule has 0 radical (unpaired) electrons. The smallest absolute Gasteiger partial charge is 0.404 e. The fourth-order valence-electron chi connectivity index (χ4n) is 5.97. The topological polar surface area (TPSA) is 50.6 Å². The van der Waals surface area contributed by atoms with Crippen LogP contribution in [0.5, 0.6) is 5.75 Å². The van der Waals surface area contributed by atoms with Gasteiger partial charge in [0, 0.05) is 42.7 Å². The number of halogens is 4. The van der Waals surface area contributed by atoms with E-state index in [0.29, 0.717) is 12.0 Å². The lowest BCUT2D eigenvalue weighted by molar-refractivity contribution is -0.274. The second-order valence-electron chi connectivity index (χ2n) is 9.88. The number of rotatable bonds is 6. The summed E-state index contributed by atoms with van der Waals surface area (Å²) in [7, 11) is 0. The van der Waals surface area contributed by atoms with E-state index in [-0.39, 0.29) is 22.6 Å². The van der Waals surface area contributed by atoms with Crippen molar-refractivity contribution in [2.24, 2.45) is 5.41 Å². The molecule has 4 aliphatic rings. The van der Waals surface area contributed by atoms with Crippen LogP contribution in [0.2, 0.25) is 5.02 Å². The maximum Gasteiger partial charge on any atom is 0.573 e. The zero-order valence-corrected chi connectivity index (χ0v) is 18.6. The molecular formula is C23H24ClF3N4O2. The quantitative estimate of drug-likeness (QED) is 0.553. The SMILES string of the molecule is O=CN1CC2(CC(n3cnc(C4CC4)c3)C2)C1N1CCC1c1ccc(OC(F)(F)F)c(Cl)c1. The van der Waals surface area contributed by atoms with Crippen LogP contribution in [-0.4, -0.2) is 51.4 Å². The van der Waals surface area contributed by atoms with Gasteiger partial charge >= 0.3 is 6.36 Å². The highest BCUT2D eigenvalue weighted by atomic mass is 35.5. The summed E-state index contributed by atoms with van der Waals surface area (Å²) in [5.41, 5.74) is 2.08. The Morgan fingerprint density at radius 2 is 2.00 bits per heavy atom. The zero-order valence-electron chi connectivity index (χ0n) is 17.8. The van der Waals surface area contributed by atoms with Crippen molar-refractivity contribution in [1.29, 1.82) is 0 Å². The molecule has 1 spiro atoms. The summed E-state index contributed by atoms with van der Waals surface area (Å²) >= 11 is 6.08. The minimum atomic E-state index is -4.79. The Morgan fingerprint density at radius 1 is 1.21 bits per heavy atom. The first kappa shape index (κ1) is 21.3. The van der Waals surface area contributed by atoms with Gasteiger partial charge in [-0.2, -0.15) is 0 Å². The fraction of sp³-hybridized carbons (Fsp3) is 0.565. The molecule has 1 aromatic heterocycles. The first-order valence-corrected chi connectivity index (χ1v) is 11.7. The molecule has 2 aliphatic heterocycles. The third kappa shape index (κ3) is 3.60. The largest absolute Gasteiger partial charge is 0.573 e. The predicted molar refractivity (Wildman–Crippen MR) is 114 cm³/mol. The van der Waals surface area contributed by atoms with Gasteiger partial charge in [-0.1, -0.05) is 17.7 Å². The van der Waals surface area contributed by atoms with Crippen molar-refractivity contribution < 1.29 is 22.7 Å². The summed E-state index contributed by atoms with van der Waals surface area (Å²) in [6.45, 7) is 1.57. The van der Waals surface area contributed by atoms with Gasteiger partial charge in [-0.05, 0) is 49.8 Å². The van der Waals surface area contributed by atoms with E-state index in [0.717, 1.165) is 44.3 Å². The van der Waals surface area contributed by atoms with Crippen LogP contribution in [0.15, 0.2) is 30.7 Å². The van der Waals surface area contributed by atoms with E-state index in [9.17, 15) is 18.0 Å². The molecule has 2 saturated heterocycles. The van der Waals surface area contributed by atoms with Crippen molar-refractivity contribution in [3.05, 3.63) is 47.0 Å². The summed E-state index contributed by atoms with van der Waals surface area (Å²) in [5.74, 6) is 0.227. The maximum atomic E-state index is 12.6. The molecule has 2 saturated carbocycles. The highest BCUT2D eigenvalue weighted by molar-refractivity contribution is 6.32. The zero-order chi connectivity index (χ0) is 23.0. The molecule has 1 aromatic carbocycles. The third-order valence-corrected chi connectivity index (χ3v) is 8.05. The Labute approximate surface area is 194 Å². The van der Waals surface area contributed by atoms with Crippen molar-refractivity contribution in [1.82, 2.24) is 19.4 Å². The van der Waals surface area contributed by atoms with Gasteiger partial charge in [0.05, 0.1) is 23.2 Å². The number of alkyl halides is 3. The van der Waals surface area contributed by atoms with Crippen LogP contribution in [0, 0.1) is 5.41 Å².